The molecule has 14 nitrogen and oxygen atoms in total. The minimum atomic E-state index is -0.989. The van der Waals surface area contributed by atoms with E-state index < -0.39 is 24.1 Å². The molecule has 0 saturated heterocycles. The van der Waals surface area contributed by atoms with Crippen LogP contribution in [0.4, 0.5) is 0 Å². The third-order valence-electron chi connectivity index (χ3n) is 6.72. The molecule has 1 aromatic carbocycles. The van der Waals surface area contributed by atoms with Crippen LogP contribution >= 0.6 is 0 Å². The number of aliphatic imine (C=N–C) groups is 1. The monoisotopic (exact) mass is 598 g/mol. The molecule has 1 unspecified atom stereocenters. The molecular formula is C29H42N8O6. The molecule has 0 amide bonds. The van der Waals surface area contributed by atoms with Gasteiger partial charge >= 0.3 is 11.9 Å². The van der Waals surface area contributed by atoms with E-state index in [-0.39, 0.29) is 37.6 Å². The van der Waals surface area contributed by atoms with Crippen molar-refractivity contribution in [1.29, 1.82) is 0 Å². The Kier molecular flexibility index (Phi) is 12.2. The molecule has 0 aliphatic heterocycles. The first-order valence-corrected chi connectivity index (χ1v) is 14.4. The van der Waals surface area contributed by atoms with Crippen molar-refractivity contribution in [3.05, 3.63) is 51.7 Å². The van der Waals surface area contributed by atoms with E-state index in [0.717, 1.165) is 24.1 Å². The zero-order chi connectivity index (χ0) is 31.5. The summed E-state index contributed by atoms with van der Waals surface area (Å²) in [6, 6.07) is 6.12. The third kappa shape index (κ3) is 9.09. The zero-order valence-corrected chi connectivity index (χ0v) is 25.2. The predicted octanol–water partition coefficient (Wildman–Crippen LogP) is 0.868. The average Bonchev–Trinajstić information content (AvgIpc) is 3.27. The van der Waals surface area contributed by atoms with Crippen molar-refractivity contribution < 1.29 is 23.8 Å². The normalized spacial score (nSPS) is 12.6. The number of guanidine groups is 1. The molecule has 0 radical (unpaired) electrons. The second-order valence-corrected chi connectivity index (χ2v) is 10.1. The maximum absolute atomic E-state index is 13.2. The standard InChI is InChI=1S/C29H42N8O6/c1-5-8-22-24-25(36(4)35-22)26(38)37(18(3)34-24)15-16-42-20-12-10-19(11-13-20)17-23(41-6-2)28(40)43-27(39)21(30)9-7-14-33-29(31)32/h10-13,21,23H,5-9,14-17,30H2,1-4H3,(H4,31,32,33)/t21-,23?/m0/s1. The van der Waals surface area contributed by atoms with Crippen molar-refractivity contribution in [3.8, 4) is 5.75 Å². The summed E-state index contributed by atoms with van der Waals surface area (Å²) in [6.45, 7) is 6.72. The van der Waals surface area contributed by atoms with Gasteiger partial charge < -0.3 is 31.4 Å². The van der Waals surface area contributed by atoms with E-state index in [1.54, 1.807) is 54.4 Å². The van der Waals surface area contributed by atoms with Gasteiger partial charge in [-0.15, -0.1) is 0 Å². The highest BCUT2D eigenvalue weighted by molar-refractivity contribution is 5.90. The first-order chi connectivity index (χ1) is 20.5. The lowest BCUT2D eigenvalue weighted by Crippen LogP contribution is -2.38. The number of carbonyl (C=O) groups excluding carboxylic acids is 2. The fourth-order valence-electron chi connectivity index (χ4n) is 4.57. The second-order valence-electron chi connectivity index (χ2n) is 10.1. The molecule has 43 heavy (non-hydrogen) atoms. The van der Waals surface area contributed by atoms with Gasteiger partial charge in [-0.3, -0.25) is 19.0 Å². The first kappa shape index (κ1) is 33.2. The number of ether oxygens (including phenoxy) is 3. The SMILES string of the molecule is CCCc1nn(C)c2c(=O)n(CCOc3ccc(CC(OCC)C(=O)OC(=O)[C@@H](N)CCCN=C(N)N)cc3)c(C)nc12. The number of hydrogen-bond acceptors (Lipinski definition) is 10. The van der Waals surface area contributed by atoms with Crippen molar-refractivity contribution in [3.63, 3.8) is 0 Å². The summed E-state index contributed by atoms with van der Waals surface area (Å²) >= 11 is 0. The maximum atomic E-state index is 13.2. The lowest BCUT2D eigenvalue weighted by molar-refractivity contribution is -0.169. The van der Waals surface area contributed by atoms with E-state index in [2.05, 4.69) is 22.0 Å². The van der Waals surface area contributed by atoms with Crippen molar-refractivity contribution in [2.45, 2.75) is 71.6 Å². The number of nitrogens with two attached hydrogens (primary N) is 3. The number of carbonyl (C=O) groups is 2. The number of fused-ring (bicyclic) bond motifs is 1. The van der Waals surface area contributed by atoms with E-state index in [9.17, 15) is 14.4 Å². The Morgan fingerprint density at radius 3 is 2.49 bits per heavy atom. The Morgan fingerprint density at radius 1 is 1.12 bits per heavy atom. The van der Waals surface area contributed by atoms with Crippen LogP contribution in [-0.4, -0.2) is 69.1 Å². The van der Waals surface area contributed by atoms with Gasteiger partial charge in [-0.1, -0.05) is 25.5 Å². The van der Waals surface area contributed by atoms with Gasteiger partial charge in [0.2, 0.25) is 0 Å². The molecule has 3 aromatic rings. The van der Waals surface area contributed by atoms with Gasteiger partial charge in [0.1, 0.15) is 29.7 Å². The molecule has 0 saturated carbocycles. The van der Waals surface area contributed by atoms with Crippen LogP contribution in [-0.2, 0) is 45.5 Å². The summed E-state index contributed by atoms with van der Waals surface area (Å²) in [5, 5.41) is 4.48. The van der Waals surface area contributed by atoms with Crippen molar-refractivity contribution >= 4 is 28.9 Å². The van der Waals surface area contributed by atoms with Crippen LogP contribution in [0.25, 0.3) is 11.0 Å². The summed E-state index contributed by atoms with van der Waals surface area (Å²) in [5.41, 5.74) is 19.0. The van der Waals surface area contributed by atoms with E-state index >= 15 is 0 Å². The van der Waals surface area contributed by atoms with Crippen LogP contribution in [0.1, 0.15) is 50.2 Å². The first-order valence-electron chi connectivity index (χ1n) is 14.4. The molecule has 6 N–H and O–H groups in total. The molecular weight excluding hydrogens is 556 g/mol. The average molecular weight is 599 g/mol. The van der Waals surface area contributed by atoms with Gasteiger partial charge in [0, 0.05) is 26.6 Å². The quantitative estimate of drug-likeness (QED) is 0.0693. The van der Waals surface area contributed by atoms with Gasteiger partial charge in [-0.25, -0.2) is 14.6 Å². The molecule has 0 fully saturated rings. The zero-order valence-electron chi connectivity index (χ0n) is 25.2. The topological polar surface area (TPSA) is 205 Å². The molecule has 0 aliphatic carbocycles. The number of aryl methyl sites for hydroxylation is 3. The smallest absolute Gasteiger partial charge is 0.343 e. The van der Waals surface area contributed by atoms with E-state index in [1.807, 2.05) is 0 Å². The molecule has 0 spiro atoms. The molecule has 0 bridgehead atoms. The molecule has 2 aromatic heterocycles. The molecule has 2 atom stereocenters. The lowest BCUT2D eigenvalue weighted by Gasteiger charge is -2.17. The Bertz CT molecular complexity index is 1480. The van der Waals surface area contributed by atoms with Crippen LogP contribution < -0.4 is 27.5 Å². The predicted molar refractivity (Wildman–Crippen MR) is 162 cm³/mol. The number of hydrogen-bond donors (Lipinski definition) is 3. The largest absolute Gasteiger partial charge is 0.492 e. The van der Waals surface area contributed by atoms with Crippen molar-refractivity contribution in [1.82, 2.24) is 19.3 Å². The summed E-state index contributed by atoms with van der Waals surface area (Å²) in [5.74, 6) is -0.507. The van der Waals surface area contributed by atoms with Crippen LogP contribution in [0.2, 0.25) is 0 Å². The summed E-state index contributed by atoms with van der Waals surface area (Å²) in [6.07, 6.45) is 1.58. The van der Waals surface area contributed by atoms with Crippen molar-refractivity contribution in [2.75, 3.05) is 19.8 Å². The van der Waals surface area contributed by atoms with Crippen molar-refractivity contribution in [2.24, 2.45) is 29.2 Å². The summed E-state index contributed by atoms with van der Waals surface area (Å²) in [4.78, 5) is 46.6. The second kappa shape index (κ2) is 15.8. The van der Waals surface area contributed by atoms with Crippen LogP contribution in [0.15, 0.2) is 34.1 Å². The molecule has 0 aliphatic rings. The maximum Gasteiger partial charge on any atom is 0.343 e. The Hall–Kier alpha value is -4.30. The molecule has 234 valence electrons. The summed E-state index contributed by atoms with van der Waals surface area (Å²) < 4.78 is 19.6. The minimum absolute atomic E-state index is 0.0466. The summed E-state index contributed by atoms with van der Waals surface area (Å²) in [7, 11) is 1.75. The highest BCUT2D eigenvalue weighted by Gasteiger charge is 2.26. The Morgan fingerprint density at radius 2 is 1.84 bits per heavy atom. The third-order valence-corrected chi connectivity index (χ3v) is 6.72. The van der Waals surface area contributed by atoms with E-state index in [1.165, 1.54) is 0 Å². The van der Waals surface area contributed by atoms with Gasteiger partial charge in [0.25, 0.3) is 5.56 Å². The minimum Gasteiger partial charge on any atom is -0.492 e. The van der Waals surface area contributed by atoms with E-state index in [0.29, 0.717) is 42.1 Å². The van der Waals surface area contributed by atoms with Crippen LogP contribution in [0.5, 0.6) is 5.75 Å². The Balaban J connectivity index is 1.56. The molecule has 2 heterocycles. The number of benzene rings is 1. The molecule has 14 heteroatoms. The fraction of sp³-hybridized carbons (Fsp3) is 0.517. The van der Waals surface area contributed by atoms with Gasteiger partial charge in [-0.05, 0) is 50.8 Å². The Labute approximate surface area is 250 Å². The van der Waals surface area contributed by atoms with Crippen LogP contribution in [0.3, 0.4) is 0 Å². The molecule has 3 rings (SSSR count). The highest BCUT2D eigenvalue weighted by Crippen LogP contribution is 2.17. The lowest BCUT2D eigenvalue weighted by atomic mass is 10.1. The van der Waals surface area contributed by atoms with Gasteiger partial charge in [-0.2, -0.15) is 5.10 Å². The number of nitrogens with zero attached hydrogens (tertiary/aromatic N) is 5. The number of aromatic nitrogens is 4. The van der Waals surface area contributed by atoms with Gasteiger partial charge in [0.05, 0.1) is 12.2 Å². The van der Waals surface area contributed by atoms with Gasteiger partial charge in [0.15, 0.2) is 17.6 Å². The highest BCUT2D eigenvalue weighted by atomic mass is 16.6. The number of rotatable bonds is 16. The number of esters is 2. The van der Waals surface area contributed by atoms with E-state index in [4.69, 9.17) is 31.4 Å². The fourth-order valence-corrected chi connectivity index (χ4v) is 4.57. The van der Waals surface area contributed by atoms with Crippen LogP contribution in [0, 0.1) is 6.92 Å².